The molecule has 0 saturated carbocycles. The quantitative estimate of drug-likeness (QED) is 0.780. The van der Waals surface area contributed by atoms with Crippen molar-refractivity contribution in [3.8, 4) is 0 Å². The van der Waals surface area contributed by atoms with Crippen LogP contribution in [0.3, 0.4) is 0 Å². The molecule has 1 saturated heterocycles. The van der Waals surface area contributed by atoms with Gasteiger partial charge in [0.2, 0.25) is 11.8 Å². The third-order valence-corrected chi connectivity index (χ3v) is 4.55. The Bertz CT molecular complexity index is 846. The number of piperazine rings is 1. The molecule has 2 heterocycles. The van der Waals surface area contributed by atoms with Crippen LogP contribution in [0.5, 0.6) is 0 Å². The lowest BCUT2D eigenvalue weighted by molar-refractivity contribution is -0.120. The van der Waals surface area contributed by atoms with E-state index in [1.165, 1.54) is 6.07 Å². The Morgan fingerprint density at radius 3 is 2.18 bits per heavy atom. The predicted octanol–water partition coefficient (Wildman–Crippen LogP) is 1.63. The molecule has 2 aromatic rings. The number of aromatic nitrogens is 1. The summed E-state index contributed by atoms with van der Waals surface area (Å²) in [5, 5.41) is 9.15. The topological polar surface area (TPSA) is 90.7 Å². The van der Waals surface area contributed by atoms with Crippen molar-refractivity contribution >= 4 is 23.3 Å². The van der Waals surface area contributed by atoms with Gasteiger partial charge in [-0.1, -0.05) is 11.2 Å². The fraction of sp³-hybridized carbons (Fsp3) is 0.421. The first-order valence-corrected chi connectivity index (χ1v) is 9.13. The van der Waals surface area contributed by atoms with Crippen LogP contribution in [0.15, 0.2) is 28.8 Å². The van der Waals surface area contributed by atoms with E-state index in [4.69, 9.17) is 4.52 Å². The highest BCUT2D eigenvalue weighted by Crippen LogP contribution is 2.14. The third kappa shape index (κ3) is 5.61. The van der Waals surface area contributed by atoms with Gasteiger partial charge >= 0.3 is 0 Å². The summed E-state index contributed by atoms with van der Waals surface area (Å²) in [6.07, 6.45) is 0. The molecule has 1 aliphatic rings. The molecule has 0 bridgehead atoms. The van der Waals surface area contributed by atoms with Crippen LogP contribution < -0.4 is 10.6 Å². The Morgan fingerprint density at radius 2 is 1.64 bits per heavy atom. The Labute approximate surface area is 162 Å². The zero-order chi connectivity index (χ0) is 20.1. The van der Waals surface area contributed by atoms with Crippen molar-refractivity contribution in [2.45, 2.75) is 13.8 Å². The number of amides is 2. The number of hydrogen-bond donors (Lipinski definition) is 2. The normalized spacial score (nSPS) is 15.4. The van der Waals surface area contributed by atoms with Crippen LogP contribution in [-0.4, -0.2) is 66.0 Å². The number of nitrogens with one attached hydrogen (secondary N) is 2. The van der Waals surface area contributed by atoms with Gasteiger partial charge < -0.3 is 15.2 Å². The first kappa shape index (κ1) is 20.0. The maximum Gasteiger partial charge on any atom is 0.239 e. The number of halogens is 1. The molecule has 3 rings (SSSR count). The van der Waals surface area contributed by atoms with E-state index in [-0.39, 0.29) is 30.7 Å². The minimum atomic E-state index is -0.342. The van der Waals surface area contributed by atoms with Crippen LogP contribution in [0, 0.1) is 19.7 Å². The summed E-state index contributed by atoms with van der Waals surface area (Å²) in [6, 6.07) is 6.30. The number of rotatable bonds is 6. The lowest BCUT2D eigenvalue weighted by atomic mass is 10.2. The van der Waals surface area contributed by atoms with Gasteiger partial charge in [0.05, 0.1) is 13.1 Å². The van der Waals surface area contributed by atoms with Crippen LogP contribution in [0.25, 0.3) is 0 Å². The number of carbonyl (C=O) groups is 2. The van der Waals surface area contributed by atoms with Gasteiger partial charge in [0.15, 0.2) is 5.82 Å². The SMILES string of the molecule is Cc1cc(NC(=O)CN2CCN(CC(=O)Nc3ccc(C)c(F)c3)CC2)no1. The largest absolute Gasteiger partial charge is 0.360 e. The van der Waals surface area contributed by atoms with E-state index in [2.05, 4.69) is 15.8 Å². The van der Waals surface area contributed by atoms with Crippen molar-refractivity contribution in [2.24, 2.45) is 0 Å². The van der Waals surface area contributed by atoms with Gasteiger partial charge in [-0.3, -0.25) is 19.4 Å². The molecule has 0 unspecified atom stereocenters. The summed E-state index contributed by atoms with van der Waals surface area (Å²) in [6.45, 7) is 6.62. The van der Waals surface area contributed by atoms with Gasteiger partial charge in [0.1, 0.15) is 11.6 Å². The molecule has 0 atom stereocenters. The molecule has 9 heteroatoms. The zero-order valence-corrected chi connectivity index (χ0v) is 16.0. The maximum atomic E-state index is 13.6. The standard InChI is InChI=1S/C19H24FN5O3/c1-13-3-4-15(10-16(13)20)21-18(26)11-24-5-7-25(8-6-24)12-19(27)22-17-9-14(2)28-23-17/h3-4,9-10H,5-8,11-12H2,1-2H3,(H,21,26)(H,22,23,27). The van der Waals surface area contributed by atoms with Crippen LogP contribution in [0.2, 0.25) is 0 Å². The van der Waals surface area contributed by atoms with Gasteiger partial charge in [0.25, 0.3) is 0 Å². The Hall–Kier alpha value is -2.78. The second-order valence-corrected chi connectivity index (χ2v) is 6.94. The lowest BCUT2D eigenvalue weighted by Crippen LogP contribution is -2.50. The highest BCUT2D eigenvalue weighted by Gasteiger charge is 2.21. The fourth-order valence-electron chi connectivity index (χ4n) is 2.99. The molecule has 1 aliphatic heterocycles. The number of benzene rings is 1. The van der Waals surface area contributed by atoms with E-state index in [1.54, 1.807) is 32.0 Å². The molecule has 1 fully saturated rings. The first-order valence-electron chi connectivity index (χ1n) is 9.13. The summed E-state index contributed by atoms with van der Waals surface area (Å²) in [5.74, 6) is 0.364. The molecule has 1 aromatic heterocycles. The van der Waals surface area contributed by atoms with E-state index < -0.39 is 0 Å². The molecule has 8 nitrogen and oxygen atoms in total. The van der Waals surface area contributed by atoms with Gasteiger partial charge in [-0.25, -0.2) is 4.39 Å². The highest BCUT2D eigenvalue weighted by molar-refractivity contribution is 5.92. The monoisotopic (exact) mass is 389 g/mol. The number of aryl methyl sites for hydroxylation is 2. The molecule has 2 N–H and O–H groups in total. The van der Waals surface area contributed by atoms with Crippen LogP contribution in [-0.2, 0) is 9.59 Å². The summed E-state index contributed by atoms with van der Waals surface area (Å²) in [5.41, 5.74) is 0.989. The minimum absolute atomic E-state index is 0.152. The molecular formula is C19H24FN5O3. The van der Waals surface area contributed by atoms with Crippen LogP contribution >= 0.6 is 0 Å². The molecule has 1 aromatic carbocycles. The number of hydrogen-bond acceptors (Lipinski definition) is 6. The molecule has 2 amide bonds. The van der Waals surface area contributed by atoms with Crippen LogP contribution in [0.4, 0.5) is 15.9 Å². The third-order valence-electron chi connectivity index (χ3n) is 4.55. The minimum Gasteiger partial charge on any atom is -0.360 e. The van der Waals surface area contributed by atoms with Crippen molar-refractivity contribution in [1.82, 2.24) is 15.0 Å². The van der Waals surface area contributed by atoms with Crippen molar-refractivity contribution < 1.29 is 18.5 Å². The summed E-state index contributed by atoms with van der Waals surface area (Å²) < 4.78 is 18.5. The molecule has 0 spiro atoms. The Kier molecular flexibility index (Phi) is 6.37. The van der Waals surface area contributed by atoms with Crippen molar-refractivity contribution in [3.05, 3.63) is 41.4 Å². The van der Waals surface area contributed by atoms with E-state index in [0.29, 0.717) is 49.0 Å². The summed E-state index contributed by atoms with van der Waals surface area (Å²) >= 11 is 0. The lowest BCUT2D eigenvalue weighted by Gasteiger charge is -2.33. The van der Waals surface area contributed by atoms with E-state index in [0.717, 1.165) is 0 Å². The van der Waals surface area contributed by atoms with Gasteiger partial charge in [-0.15, -0.1) is 0 Å². The second-order valence-electron chi connectivity index (χ2n) is 6.94. The molecule has 28 heavy (non-hydrogen) atoms. The molecule has 0 radical (unpaired) electrons. The van der Waals surface area contributed by atoms with E-state index in [1.807, 2.05) is 9.80 Å². The maximum absolute atomic E-state index is 13.6. The second kappa shape index (κ2) is 8.94. The Balaban J connectivity index is 1.39. The number of nitrogens with zero attached hydrogens (tertiary/aromatic N) is 3. The van der Waals surface area contributed by atoms with Gasteiger partial charge in [-0.2, -0.15) is 0 Å². The highest BCUT2D eigenvalue weighted by atomic mass is 19.1. The number of anilines is 2. The smallest absolute Gasteiger partial charge is 0.239 e. The predicted molar refractivity (Wildman–Crippen MR) is 103 cm³/mol. The molecular weight excluding hydrogens is 365 g/mol. The fourth-order valence-corrected chi connectivity index (χ4v) is 2.99. The summed E-state index contributed by atoms with van der Waals surface area (Å²) in [4.78, 5) is 28.3. The van der Waals surface area contributed by atoms with Crippen molar-refractivity contribution in [2.75, 3.05) is 49.9 Å². The average Bonchev–Trinajstić information content (AvgIpc) is 3.04. The first-order chi connectivity index (χ1) is 13.4. The summed E-state index contributed by atoms with van der Waals surface area (Å²) in [7, 11) is 0. The molecule has 0 aliphatic carbocycles. The van der Waals surface area contributed by atoms with Crippen molar-refractivity contribution in [1.29, 1.82) is 0 Å². The molecule has 150 valence electrons. The Morgan fingerprint density at radius 1 is 1.04 bits per heavy atom. The van der Waals surface area contributed by atoms with Gasteiger partial charge in [-0.05, 0) is 31.5 Å². The van der Waals surface area contributed by atoms with E-state index >= 15 is 0 Å². The van der Waals surface area contributed by atoms with E-state index in [9.17, 15) is 14.0 Å². The van der Waals surface area contributed by atoms with Gasteiger partial charge in [0, 0.05) is 37.9 Å². The van der Waals surface area contributed by atoms with Crippen LogP contribution in [0.1, 0.15) is 11.3 Å². The average molecular weight is 389 g/mol. The zero-order valence-electron chi connectivity index (χ0n) is 16.0. The number of carbonyl (C=O) groups excluding carboxylic acids is 2. The van der Waals surface area contributed by atoms with Crippen molar-refractivity contribution in [3.63, 3.8) is 0 Å².